The lowest BCUT2D eigenvalue weighted by Gasteiger charge is -2.12. The quantitative estimate of drug-likeness (QED) is 0.879. The Balaban J connectivity index is 3.13. The zero-order valence-corrected chi connectivity index (χ0v) is 10.6. The van der Waals surface area contributed by atoms with Gasteiger partial charge < -0.3 is 10.4 Å². The molecule has 0 saturated carbocycles. The summed E-state index contributed by atoms with van der Waals surface area (Å²) in [6.07, 6.45) is 0. The summed E-state index contributed by atoms with van der Waals surface area (Å²) in [5.41, 5.74) is 1.12. The predicted molar refractivity (Wildman–Crippen MR) is 61.0 cm³/mol. The molecule has 1 rings (SSSR count). The van der Waals surface area contributed by atoms with Gasteiger partial charge in [-0.25, -0.2) is 0 Å². The van der Waals surface area contributed by atoms with Crippen LogP contribution in [0.15, 0.2) is 21.1 Å². The molecule has 0 saturated heterocycles. The molecule has 0 aromatic heterocycles. The highest BCUT2D eigenvalue weighted by Crippen LogP contribution is 2.34. The molecule has 0 amide bonds. The molecule has 0 fully saturated rings. The number of phenolic OH excluding ortho intramolecular Hbond substituents is 1. The van der Waals surface area contributed by atoms with Gasteiger partial charge >= 0.3 is 0 Å². The normalized spacial score (nSPS) is 12.9. The van der Waals surface area contributed by atoms with E-state index < -0.39 is 0 Å². The Kier molecular flexibility index (Phi) is 3.76. The molecule has 2 nitrogen and oxygen atoms in total. The molecule has 72 valence electrons. The lowest BCUT2D eigenvalue weighted by Crippen LogP contribution is -2.12. The minimum absolute atomic E-state index is 0.243. The first-order chi connectivity index (χ1) is 6.06. The van der Waals surface area contributed by atoms with E-state index in [4.69, 9.17) is 0 Å². The summed E-state index contributed by atoms with van der Waals surface area (Å²) in [7, 11) is 1.90. The van der Waals surface area contributed by atoms with Gasteiger partial charge in [-0.1, -0.05) is 0 Å². The van der Waals surface area contributed by atoms with Crippen LogP contribution in [0.1, 0.15) is 18.5 Å². The molecule has 0 radical (unpaired) electrons. The van der Waals surface area contributed by atoms with Crippen molar-refractivity contribution in [2.24, 2.45) is 0 Å². The first kappa shape index (κ1) is 11.0. The zero-order valence-electron chi connectivity index (χ0n) is 7.44. The van der Waals surface area contributed by atoms with Crippen molar-refractivity contribution in [1.29, 1.82) is 0 Å². The van der Waals surface area contributed by atoms with Gasteiger partial charge in [0.15, 0.2) is 0 Å². The SMILES string of the molecule is CN[C@H](C)c1cc(Br)c(O)c(Br)c1. The summed E-state index contributed by atoms with van der Waals surface area (Å²) in [4.78, 5) is 0. The standard InChI is InChI=1S/C9H11Br2NO/c1-5(12-2)6-3-7(10)9(13)8(11)4-6/h3-5,12-13H,1-2H3/t5-/m1/s1. The van der Waals surface area contributed by atoms with Gasteiger partial charge in [-0.15, -0.1) is 0 Å². The smallest absolute Gasteiger partial charge is 0.143 e. The number of hydrogen-bond donors (Lipinski definition) is 2. The lowest BCUT2D eigenvalue weighted by molar-refractivity contribution is 0.467. The van der Waals surface area contributed by atoms with Gasteiger partial charge in [0.05, 0.1) is 8.95 Å². The molecular formula is C9H11Br2NO. The van der Waals surface area contributed by atoms with Crippen LogP contribution in [0, 0.1) is 0 Å². The van der Waals surface area contributed by atoms with E-state index in [-0.39, 0.29) is 11.8 Å². The van der Waals surface area contributed by atoms with E-state index in [1.54, 1.807) is 0 Å². The van der Waals surface area contributed by atoms with Gasteiger partial charge in [0.2, 0.25) is 0 Å². The van der Waals surface area contributed by atoms with Gasteiger partial charge in [-0.2, -0.15) is 0 Å². The Morgan fingerprint density at radius 2 is 1.77 bits per heavy atom. The highest BCUT2D eigenvalue weighted by atomic mass is 79.9. The first-order valence-corrected chi connectivity index (χ1v) is 5.50. The van der Waals surface area contributed by atoms with Gasteiger partial charge in [-0.05, 0) is 63.5 Å². The summed E-state index contributed by atoms with van der Waals surface area (Å²) in [5.74, 6) is 0.243. The van der Waals surface area contributed by atoms with Crippen molar-refractivity contribution in [2.45, 2.75) is 13.0 Å². The maximum atomic E-state index is 9.47. The van der Waals surface area contributed by atoms with Crippen LogP contribution in [-0.4, -0.2) is 12.2 Å². The molecule has 0 bridgehead atoms. The number of benzene rings is 1. The zero-order chi connectivity index (χ0) is 10.0. The van der Waals surface area contributed by atoms with Crippen LogP contribution in [0.25, 0.3) is 0 Å². The number of aromatic hydroxyl groups is 1. The van der Waals surface area contributed by atoms with Crippen LogP contribution < -0.4 is 5.32 Å². The Morgan fingerprint density at radius 1 is 1.31 bits per heavy atom. The second kappa shape index (κ2) is 4.44. The topological polar surface area (TPSA) is 32.3 Å². The largest absolute Gasteiger partial charge is 0.506 e. The van der Waals surface area contributed by atoms with Crippen molar-refractivity contribution < 1.29 is 5.11 Å². The second-order valence-corrected chi connectivity index (χ2v) is 4.55. The Morgan fingerprint density at radius 3 is 2.15 bits per heavy atom. The van der Waals surface area contributed by atoms with E-state index >= 15 is 0 Å². The molecule has 0 aliphatic heterocycles. The lowest BCUT2D eigenvalue weighted by atomic mass is 10.1. The molecule has 1 aromatic rings. The Bertz CT molecular complexity index is 291. The molecule has 0 heterocycles. The molecule has 0 aliphatic rings. The van der Waals surface area contributed by atoms with E-state index in [0.29, 0.717) is 8.95 Å². The number of hydrogen-bond acceptors (Lipinski definition) is 2. The molecule has 1 atom stereocenters. The number of nitrogens with one attached hydrogen (secondary N) is 1. The molecule has 0 spiro atoms. The van der Waals surface area contributed by atoms with Crippen molar-refractivity contribution in [3.05, 3.63) is 26.6 Å². The minimum atomic E-state index is 0.243. The minimum Gasteiger partial charge on any atom is -0.506 e. The summed E-state index contributed by atoms with van der Waals surface area (Å²) < 4.78 is 1.41. The first-order valence-electron chi connectivity index (χ1n) is 3.91. The maximum absolute atomic E-state index is 9.47. The van der Waals surface area contributed by atoms with Crippen molar-refractivity contribution >= 4 is 31.9 Å². The van der Waals surface area contributed by atoms with Gasteiger partial charge in [0, 0.05) is 6.04 Å². The molecule has 0 unspecified atom stereocenters. The Labute approximate surface area is 94.6 Å². The van der Waals surface area contributed by atoms with Crippen LogP contribution in [0.3, 0.4) is 0 Å². The maximum Gasteiger partial charge on any atom is 0.143 e. The molecule has 2 N–H and O–H groups in total. The molecule has 0 aliphatic carbocycles. The van der Waals surface area contributed by atoms with Crippen LogP contribution in [0.4, 0.5) is 0 Å². The van der Waals surface area contributed by atoms with Crippen molar-refractivity contribution in [3.63, 3.8) is 0 Å². The fourth-order valence-corrected chi connectivity index (χ4v) is 2.22. The highest BCUT2D eigenvalue weighted by molar-refractivity contribution is 9.11. The van der Waals surface area contributed by atoms with E-state index in [0.717, 1.165) is 5.56 Å². The number of rotatable bonds is 2. The van der Waals surface area contributed by atoms with Crippen LogP contribution in [0.5, 0.6) is 5.75 Å². The third kappa shape index (κ3) is 2.45. The molecule has 1 aromatic carbocycles. The van der Waals surface area contributed by atoms with Gasteiger partial charge in [-0.3, -0.25) is 0 Å². The summed E-state index contributed by atoms with van der Waals surface area (Å²) in [5, 5.41) is 12.6. The number of halogens is 2. The number of phenols is 1. The summed E-state index contributed by atoms with van der Waals surface area (Å²) in [6, 6.07) is 4.08. The van der Waals surface area contributed by atoms with Crippen molar-refractivity contribution in [2.75, 3.05) is 7.05 Å². The monoisotopic (exact) mass is 307 g/mol. The highest BCUT2D eigenvalue weighted by Gasteiger charge is 2.09. The summed E-state index contributed by atoms with van der Waals surface area (Å²) in [6.45, 7) is 2.06. The third-order valence-electron chi connectivity index (χ3n) is 1.97. The Hall–Kier alpha value is -0.0600. The average Bonchev–Trinajstić information content (AvgIpc) is 2.12. The van der Waals surface area contributed by atoms with Crippen molar-refractivity contribution in [3.8, 4) is 5.75 Å². The van der Waals surface area contributed by atoms with Crippen LogP contribution in [-0.2, 0) is 0 Å². The molecule has 13 heavy (non-hydrogen) atoms. The van der Waals surface area contributed by atoms with E-state index in [1.807, 2.05) is 19.2 Å². The fraction of sp³-hybridized carbons (Fsp3) is 0.333. The van der Waals surface area contributed by atoms with Crippen LogP contribution >= 0.6 is 31.9 Å². The fourth-order valence-electron chi connectivity index (χ4n) is 1.00. The second-order valence-electron chi connectivity index (χ2n) is 2.84. The predicted octanol–water partition coefficient (Wildman–Crippen LogP) is 3.20. The molecular weight excluding hydrogens is 298 g/mol. The van der Waals surface area contributed by atoms with Crippen LogP contribution in [0.2, 0.25) is 0 Å². The van der Waals surface area contributed by atoms with Gasteiger partial charge in [0.1, 0.15) is 5.75 Å². The molecule has 4 heteroatoms. The van der Waals surface area contributed by atoms with Crippen molar-refractivity contribution in [1.82, 2.24) is 5.32 Å². The summed E-state index contributed by atoms with van der Waals surface area (Å²) >= 11 is 6.57. The average molecular weight is 309 g/mol. The van der Waals surface area contributed by atoms with E-state index in [1.165, 1.54) is 0 Å². The third-order valence-corrected chi connectivity index (χ3v) is 3.18. The van der Waals surface area contributed by atoms with E-state index in [9.17, 15) is 5.11 Å². The van der Waals surface area contributed by atoms with E-state index in [2.05, 4.69) is 44.1 Å². The van der Waals surface area contributed by atoms with Gasteiger partial charge in [0.25, 0.3) is 0 Å².